The van der Waals surface area contributed by atoms with Crippen molar-refractivity contribution in [2.24, 2.45) is 7.05 Å². The first-order valence-corrected chi connectivity index (χ1v) is 8.49. The molecule has 7 heteroatoms. The number of aryl methyl sites for hydroxylation is 1. The number of para-hydroxylation sites is 1. The van der Waals surface area contributed by atoms with Crippen molar-refractivity contribution >= 4 is 27.5 Å². The fourth-order valence-corrected chi connectivity index (χ4v) is 3.29. The second-order valence-electron chi connectivity index (χ2n) is 4.05. The SMILES string of the molecule is CSCc1ccccc1NS(=O)(=O)c1cnn(C)c1. The van der Waals surface area contributed by atoms with Crippen LogP contribution in [0.15, 0.2) is 41.6 Å². The van der Waals surface area contributed by atoms with E-state index in [4.69, 9.17) is 0 Å². The normalized spacial score (nSPS) is 11.5. The van der Waals surface area contributed by atoms with Crippen molar-refractivity contribution < 1.29 is 8.42 Å². The maximum atomic E-state index is 12.2. The summed E-state index contributed by atoms with van der Waals surface area (Å²) >= 11 is 1.64. The number of sulfonamides is 1. The smallest absolute Gasteiger partial charge is 0.265 e. The number of hydrogen-bond donors (Lipinski definition) is 1. The van der Waals surface area contributed by atoms with Gasteiger partial charge in [0.1, 0.15) is 4.90 Å². The van der Waals surface area contributed by atoms with Crippen LogP contribution in [-0.2, 0) is 22.8 Å². The van der Waals surface area contributed by atoms with Crippen LogP contribution >= 0.6 is 11.8 Å². The van der Waals surface area contributed by atoms with E-state index in [1.54, 1.807) is 24.9 Å². The van der Waals surface area contributed by atoms with Crippen LogP contribution < -0.4 is 4.72 Å². The lowest BCUT2D eigenvalue weighted by Gasteiger charge is -2.10. The summed E-state index contributed by atoms with van der Waals surface area (Å²) in [6.07, 6.45) is 4.78. The van der Waals surface area contributed by atoms with Gasteiger partial charge in [0, 0.05) is 19.0 Å². The fraction of sp³-hybridized carbons (Fsp3) is 0.250. The average molecular weight is 297 g/mol. The van der Waals surface area contributed by atoms with Crippen LogP contribution in [-0.4, -0.2) is 24.5 Å². The second kappa shape index (κ2) is 5.66. The molecule has 0 amide bonds. The summed E-state index contributed by atoms with van der Waals surface area (Å²) in [5, 5.41) is 3.88. The van der Waals surface area contributed by atoms with E-state index in [0.717, 1.165) is 11.3 Å². The molecule has 1 heterocycles. The Morgan fingerprint density at radius 1 is 1.37 bits per heavy atom. The van der Waals surface area contributed by atoms with Crippen molar-refractivity contribution in [3.05, 3.63) is 42.2 Å². The minimum atomic E-state index is -3.58. The van der Waals surface area contributed by atoms with E-state index in [-0.39, 0.29) is 4.90 Å². The molecule has 0 aliphatic heterocycles. The Labute approximate surface area is 117 Å². The summed E-state index contributed by atoms with van der Waals surface area (Å²) in [5.41, 5.74) is 1.57. The third-order valence-electron chi connectivity index (χ3n) is 2.55. The second-order valence-corrected chi connectivity index (χ2v) is 6.59. The minimum Gasteiger partial charge on any atom is -0.279 e. The van der Waals surface area contributed by atoms with Gasteiger partial charge in [0.2, 0.25) is 0 Å². The molecule has 1 aromatic heterocycles. The summed E-state index contributed by atoms with van der Waals surface area (Å²) in [5.74, 6) is 0.756. The molecule has 1 N–H and O–H groups in total. The summed E-state index contributed by atoms with van der Waals surface area (Å²) in [4.78, 5) is 0.161. The highest BCUT2D eigenvalue weighted by atomic mass is 32.2. The summed E-state index contributed by atoms with van der Waals surface area (Å²) < 4.78 is 28.5. The molecule has 0 aliphatic carbocycles. The topological polar surface area (TPSA) is 64.0 Å². The van der Waals surface area contributed by atoms with Crippen LogP contribution in [0.25, 0.3) is 0 Å². The molecule has 5 nitrogen and oxygen atoms in total. The number of rotatable bonds is 5. The molecule has 1 aromatic carbocycles. The fourth-order valence-electron chi connectivity index (χ4n) is 1.64. The van der Waals surface area contributed by atoms with Crippen LogP contribution in [0.2, 0.25) is 0 Å². The highest BCUT2D eigenvalue weighted by Gasteiger charge is 2.17. The number of nitrogens with zero attached hydrogens (tertiary/aromatic N) is 2. The molecule has 0 bridgehead atoms. The van der Waals surface area contributed by atoms with Crippen LogP contribution in [0.4, 0.5) is 5.69 Å². The predicted octanol–water partition coefficient (Wildman–Crippen LogP) is 2.08. The van der Waals surface area contributed by atoms with Gasteiger partial charge in [-0.15, -0.1) is 0 Å². The van der Waals surface area contributed by atoms with Gasteiger partial charge in [-0.05, 0) is 17.9 Å². The standard InChI is InChI=1S/C12H15N3O2S2/c1-15-8-11(7-13-15)19(16,17)14-12-6-4-3-5-10(12)9-18-2/h3-8,14H,9H2,1-2H3. The van der Waals surface area contributed by atoms with E-state index in [1.807, 2.05) is 24.5 Å². The number of benzene rings is 1. The van der Waals surface area contributed by atoms with Crippen molar-refractivity contribution in [1.29, 1.82) is 0 Å². The molecule has 19 heavy (non-hydrogen) atoms. The molecule has 2 rings (SSSR count). The van der Waals surface area contributed by atoms with Gasteiger partial charge in [0.05, 0.1) is 11.9 Å². The Balaban J connectivity index is 2.30. The number of aromatic nitrogens is 2. The molecule has 0 aliphatic rings. The van der Waals surface area contributed by atoms with E-state index >= 15 is 0 Å². The molecule has 0 spiro atoms. The predicted molar refractivity (Wildman–Crippen MR) is 77.7 cm³/mol. The lowest BCUT2D eigenvalue weighted by molar-refractivity contribution is 0.601. The van der Waals surface area contributed by atoms with Crippen molar-refractivity contribution in [1.82, 2.24) is 9.78 Å². The van der Waals surface area contributed by atoms with Crippen LogP contribution in [0.3, 0.4) is 0 Å². The van der Waals surface area contributed by atoms with E-state index < -0.39 is 10.0 Å². The largest absolute Gasteiger partial charge is 0.279 e. The third-order valence-corrected chi connectivity index (χ3v) is 4.47. The molecular formula is C12H15N3O2S2. The van der Waals surface area contributed by atoms with Crippen LogP contribution in [0, 0.1) is 0 Å². The van der Waals surface area contributed by atoms with Crippen molar-refractivity contribution in [3.8, 4) is 0 Å². The monoisotopic (exact) mass is 297 g/mol. The Bertz CT molecular complexity index is 665. The summed E-state index contributed by atoms with van der Waals surface area (Å²) in [6, 6.07) is 7.38. The Hall–Kier alpha value is -1.47. The summed E-state index contributed by atoms with van der Waals surface area (Å²) in [6.45, 7) is 0. The molecular weight excluding hydrogens is 282 g/mol. The highest BCUT2D eigenvalue weighted by molar-refractivity contribution is 7.97. The van der Waals surface area contributed by atoms with Gasteiger partial charge >= 0.3 is 0 Å². The zero-order valence-corrected chi connectivity index (χ0v) is 12.3. The molecule has 0 radical (unpaired) electrons. The van der Waals surface area contributed by atoms with Gasteiger partial charge in [-0.2, -0.15) is 16.9 Å². The highest BCUT2D eigenvalue weighted by Crippen LogP contribution is 2.22. The Morgan fingerprint density at radius 2 is 2.11 bits per heavy atom. The first-order chi connectivity index (χ1) is 9.03. The minimum absolute atomic E-state index is 0.161. The molecule has 0 unspecified atom stereocenters. The number of thioether (sulfide) groups is 1. The zero-order valence-electron chi connectivity index (χ0n) is 10.7. The van der Waals surface area contributed by atoms with Crippen LogP contribution in [0.1, 0.15) is 5.56 Å². The van der Waals surface area contributed by atoms with Gasteiger partial charge in [-0.1, -0.05) is 18.2 Å². The molecule has 0 saturated carbocycles. The Kier molecular flexibility index (Phi) is 4.16. The van der Waals surface area contributed by atoms with E-state index in [1.165, 1.54) is 17.1 Å². The van der Waals surface area contributed by atoms with Gasteiger partial charge in [0.15, 0.2) is 0 Å². The Morgan fingerprint density at radius 3 is 2.74 bits per heavy atom. The molecule has 0 fully saturated rings. The maximum Gasteiger partial charge on any atom is 0.265 e. The van der Waals surface area contributed by atoms with Crippen LogP contribution in [0.5, 0.6) is 0 Å². The first-order valence-electron chi connectivity index (χ1n) is 5.61. The van der Waals surface area contributed by atoms with Gasteiger partial charge in [-0.25, -0.2) is 8.42 Å². The molecule has 0 atom stereocenters. The average Bonchev–Trinajstić information content (AvgIpc) is 2.79. The van der Waals surface area contributed by atoms with Crippen molar-refractivity contribution in [2.75, 3.05) is 11.0 Å². The van der Waals surface area contributed by atoms with Crippen molar-refractivity contribution in [3.63, 3.8) is 0 Å². The quantitative estimate of drug-likeness (QED) is 0.918. The molecule has 2 aromatic rings. The van der Waals surface area contributed by atoms with E-state index in [9.17, 15) is 8.42 Å². The van der Waals surface area contributed by atoms with E-state index in [2.05, 4.69) is 9.82 Å². The van der Waals surface area contributed by atoms with Gasteiger partial charge < -0.3 is 0 Å². The zero-order chi connectivity index (χ0) is 13.9. The molecule has 102 valence electrons. The first kappa shape index (κ1) is 14.0. The van der Waals surface area contributed by atoms with Gasteiger partial charge in [0.25, 0.3) is 10.0 Å². The lowest BCUT2D eigenvalue weighted by atomic mass is 10.2. The third kappa shape index (κ3) is 3.30. The number of nitrogens with one attached hydrogen (secondary N) is 1. The molecule has 0 saturated heterocycles. The summed E-state index contributed by atoms with van der Waals surface area (Å²) in [7, 11) is -1.89. The van der Waals surface area contributed by atoms with Crippen molar-refractivity contribution in [2.45, 2.75) is 10.6 Å². The number of anilines is 1. The maximum absolute atomic E-state index is 12.2. The lowest BCUT2D eigenvalue weighted by Crippen LogP contribution is -2.13. The van der Waals surface area contributed by atoms with E-state index in [0.29, 0.717) is 5.69 Å². The van der Waals surface area contributed by atoms with Gasteiger partial charge in [-0.3, -0.25) is 9.40 Å². The number of hydrogen-bond acceptors (Lipinski definition) is 4.